The molecule has 9 heteroatoms. The van der Waals surface area contributed by atoms with Gasteiger partial charge in [-0.05, 0) is 30.7 Å². The Labute approximate surface area is 183 Å². The maximum atomic E-state index is 14.8. The molecule has 1 amide bonds. The SMILES string of the molecule is Cc1ccc2c(N)c(C(=O)NC[C@H](C)c3cc(F)c(N4CCNCC4)cc3F)sc2n1. The van der Waals surface area contributed by atoms with Gasteiger partial charge in [0.1, 0.15) is 21.3 Å². The van der Waals surface area contributed by atoms with E-state index in [1.54, 1.807) is 6.92 Å². The Balaban J connectivity index is 1.47. The van der Waals surface area contributed by atoms with E-state index in [0.717, 1.165) is 24.2 Å². The molecule has 0 unspecified atom stereocenters. The molecule has 0 spiro atoms. The summed E-state index contributed by atoms with van der Waals surface area (Å²) in [6, 6.07) is 6.19. The Morgan fingerprint density at radius 3 is 2.77 bits per heavy atom. The minimum Gasteiger partial charge on any atom is -0.397 e. The van der Waals surface area contributed by atoms with E-state index < -0.39 is 17.6 Å². The summed E-state index contributed by atoms with van der Waals surface area (Å²) in [6.45, 7) is 6.52. The Kier molecular flexibility index (Phi) is 6.06. The molecule has 164 valence electrons. The zero-order valence-electron chi connectivity index (χ0n) is 17.5. The number of aryl methyl sites for hydroxylation is 1. The van der Waals surface area contributed by atoms with E-state index in [9.17, 15) is 13.6 Å². The van der Waals surface area contributed by atoms with Gasteiger partial charge in [0.25, 0.3) is 5.91 Å². The van der Waals surface area contributed by atoms with Crippen molar-refractivity contribution in [2.45, 2.75) is 19.8 Å². The van der Waals surface area contributed by atoms with Gasteiger partial charge in [-0.3, -0.25) is 4.79 Å². The molecule has 3 aromatic rings. The number of rotatable bonds is 5. The zero-order chi connectivity index (χ0) is 22.1. The normalized spacial score (nSPS) is 15.3. The molecule has 0 aliphatic carbocycles. The largest absolute Gasteiger partial charge is 0.397 e. The number of fused-ring (bicyclic) bond motifs is 1. The van der Waals surface area contributed by atoms with Crippen molar-refractivity contribution >= 4 is 38.8 Å². The molecule has 0 radical (unpaired) electrons. The summed E-state index contributed by atoms with van der Waals surface area (Å²) in [5, 5.41) is 6.73. The molecule has 4 rings (SSSR count). The number of benzene rings is 1. The third-order valence-electron chi connectivity index (χ3n) is 5.56. The molecular weight excluding hydrogens is 420 g/mol. The lowest BCUT2D eigenvalue weighted by Gasteiger charge is -2.30. The fourth-order valence-electron chi connectivity index (χ4n) is 3.77. The quantitative estimate of drug-likeness (QED) is 0.561. The second-order valence-electron chi connectivity index (χ2n) is 7.82. The first-order valence-electron chi connectivity index (χ1n) is 10.2. The molecule has 0 bridgehead atoms. The summed E-state index contributed by atoms with van der Waals surface area (Å²) >= 11 is 1.22. The molecule has 1 saturated heterocycles. The average molecular weight is 446 g/mol. The summed E-state index contributed by atoms with van der Waals surface area (Å²) in [4.78, 5) is 20.0. The van der Waals surface area contributed by atoms with Crippen molar-refractivity contribution in [1.29, 1.82) is 0 Å². The lowest BCUT2D eigenvalue weighted by atomic mass is 9.99. The summed E-state index contributed by atoms with van der Waals surface area (Å²) in [5.74, 6) is -1.68. The topological polar surface area (TPSA) is 83.3 Å². The van der Waals surface area contributed by atoms with E-state index in [-0.39, 0.29) is 23.7 Å². The molecule has 4 N–H and O–H groups in total. The summed E-state index contributed by atoms with van der Waals surface area (Å²) in [6.07, 6.45) is 0. The van der Waals surface area contributed by atoms with Gasteiger partial charge in [0.05, 0.1) is 11.4 Å². The van der Waals surface area contributed by atoms with Crippen LogP contribution in [0, 0.1) is 18.6 Å². The van der Waals surface area contributed by atoms with Crippen molar-refractivity contribution in [1.82, 2.24) is 15.6 Å². The number of aromatic nitrogens is 1. The van der Waals surface area contributed by atoms with Crippen LogP contribution in [0.4, 0.5) is 20.2 Å². The Morgan fingerprint density at radius 2 is 2.03 bits per heavy atom. The van der Waals surface area contributed by atoms with Gasteiger partial charge < -0.3 is 21.3 Å². The predicted octanol–water partition coefficient (Wildman–Crippen LogP) is 3.41. The van der Waals surface area contributed by atoms with Gasteiger partial charge >= 0.3 is 0 Å². The van der Waals surface area contributed by atoms with Crippen LogP contribution in [0.3, 0.4) is 0 Å². The van der Waals surface area contributed by atoms with Crippen LogP contribution in [0.2, 0.25) is 0 Å². The van der Waals surface area contributed by atoms with Crippen molar-refractivity contribution in [2.75, 3.05) is 43.4 Å². The number of pyridine rings is 1. The number of nitrogen functional groups attached to an aromatic ring is 1. The van der Waals surface area contributed by atoms with Crippen molar-refractivity contribution in [3.8, 4) is 0 Å². The number of anilines is 2. The average Bonchev–Trinajstić information content (AvgIpc) is 3.09. The van der Waals surface area contributed by atoms with Crippen LogP contribution in [-0.4, -0.2) is 43.6 Å². The molecule has 1 atom stereocenters. The minimum absolute atomic E-state index is 0.155. The molecule has 6 nitrogen and oxygen atoms in total. The Bertz CT molecular complexity index is 1130. The summed E-state index contributed by atoms with van der Waals surface area (Å²) in [5.41, 5.74) is 7.87. The van der Waals surface area contributed by atoms with Crippen molar-refractivity contribution < 1.29 is 13.6 Å². The number of halogens is 2. The van der Waals surface area contributed by atoms with E-state index in [2.05, 4.69) is 15.6 Å². The highest BCUT2D eigenvalue weighted by molar-refractivity contribution is 7.21. The molecule has 1 aliphatic rings. The summed E-state index contributed by atoms with van der Waals surface area (Å²) < 4.78 is 29.5. The highest BCUT2D eigenvalue weighted by Crippen LogP contribution is 2.33. The Morgan fingerprint density at radius 1 is 1.29 bits per heavy atom. The van der Waals surface area contributed by atoms with E-state index in [1.165, 1.54) is 23.5 Å². The van der Waals surface area contributed by atoms with E-state index in [1.807, 2.05) is 24.0 Å². The van der Waals surface area contributed by atoms with E-state index >= 15 is 0 Å². The monoisotopic (exact) mass is 445 g/mol. The number of thiophene rings is 1. The first-order valence-corrected chi connectivity index (χ1v) is 11.0. The smallest absolute Gasteiger partial charge is 0.263 e. The van der Waals surface area contributed by atoms with Crippen LogP contribution in [0.1, 0.15) is 33.8 Å². The van der Waals surface area contributed by atoms with Crippen LogP contribution in [0.15, 0.2) is 24.3 Å². The third-order valence-corrected chi connectivity index (χ3v) is 6.68. The lowest BCUT2D eigenvalue weighted by Crippen LogP contribution is -2.44. The first kappa shape index (κ1) is 21.5. The number of hydrogen-bond donors (Lipinski definition) is 3. The lowest BCUT2D eigenvalue weighted by molar-refractivity contribution is 0.0956. The highest BCUT2D eigenvalue weighted by atomic mass is 32.1. The number of hydrogen-bond acceptors (Lipinski definition) is 6. The number of nitrogens with zero attached hydrogens (tertiary/aromatic N) is 2. The number of carbonyl (C=O) groups is 1. The fraction of sp³-hybridized carbons (Fsp3) is 0.364. The van der Waals surface area contributed by atoms with Gasteiger partial charge in [-0.25, -0.2) is 13.8 Å². The van der Waals surface area contributed by atoms with Gasteiger partial charge in [-0.2, -0.15) is 0 Å². The molecule has 0 saturated carbocycles. The van der Waals surface area contributed by atoms with Gasteiger partial charge in [0.15, 0.2) is 0 Å². The maximum absolute atomic E-state index is 14.8. The van der Waals surface area contributed by atoms with Crippen molar-refractivity contribution in [2.24, 2.45) is 0 Å². The van der Waals surface area contributed by atoms with Gasteiger partial charge in [-0.1, -0.05) is 6.92 Å². The van der Waals surface area contributed by atoms with Gasteiger partial charge in [-0.15, -0.1) is 11.3 Å². The van der Waals surface area contributed by atoms with Crippen molar-refractivity contribution in [3.63, 3.8) is 0 Å². The van der Waals surface area contributed by atoms with Crippen LogP contribution in [0.5, 0.6) is 0 Å². The minimum atomic E-state index is -0.474. The van der Waals surface area contributed by atoms with Crippen LogP contribution in [0.25, 0.3) is 10.2 Å². The van der Waals surface area contributed by atoms with Crippen molar-refractivity contribution in [3.05, 3.63) is 52.0 Å². The fourth-order valence-corrected chi connectivity index (χ4v) is 4.83. The van der Waals surface area contributed by atoms with Crippen LogP contribution in [-0.2, 0) is 0 Å². The van der Waals surface area contributed by atoms with Gasteiger partial charge in [0, 0.05) is 55.8 Å². The second kappa shape index (κ2) is 8.76. The van der Waals surface area contributed by atoms with Gasteiger partial charge in [0.2, 0.25) is 0 Å². The summed E-state index contributed by atoms with van der Waals surface area (Å²) in [7, 11) is 0. The van der Waals surface area contributed by atoms with E-state index in [0.29, 0.717) is 28.5 Å². The van der Waals surface area contributed by atoms with Crippen LogP contribution < -0.4 is 21.3 Å². The molecule has 1 aliphatic heterocycles. The molecule has 31 heavy (non-hydrogen) atoms. The maximum Gasteiger partial charge on any atom is 0.263 e. The number of piperazine rings is 1. The Hall–Kier alpha value is -2.78. The third kappa shape index (κ3) is 4.33. The number of carbonyl (C=O) groups excluding carboxylic acids is 1. The standard InChI is InChI=1S/C22H25F2N5OS/c1-12(15-9-17(24)18(10-16(15)23)29-7-5-26-6-8-29)11-27-21(30)20-19(25)14-4-3-13(2)28-22(14)31-20/h3-4,9-10,12,26H,5-8,11,25H2,1-2H3,(H,27,30)/t12-/m0/s1. The molecular formula is C22H25F2N5OS. The number of nitrogens with one attached hydrogen (secondary N) is 2. The first-order chi connectivity index (χ1) is 14.8. The molecule has 1 fully saturated rings. The molecule has 1 aromatic carbocycles. The predicted molar refractivity (Wildman–Crippen MR) is 121 cm³/mol. The van der Waals surface area contributed by atoms with E-state index in [4.69, 9.17) is 5.73 Å². The second-order valence-corrected chi connectivity index (χ2v) is 8.82. The van der Waals surface area contributed by atoms with Crippen LogP contribution >= 0.6 is 11.3 Å². The molecule has 2 aromatic heterocycles. The number of nitrogens with two attached hydrogens (primary N) is 1. The number of amides is 1. The highest BCUT2D eigenvalue weighted by Gasteiger charge is 2.22. The molecule has 3 heterocycles. The zero-order valence-corrected chi connectivity index (χ0v) is 18.3.